The van der Waals surface area contributed by atoms with E-state index in [4.69, 9.17) is 0 Å². The molecule has 1 rings (SSSR count). The third-order valence-corrected chi connectivity index (χ3v) is 2.58. The molecule has 1 aromatic carbocycles. The molecule has 0 radical (unpaired) electrons. The van der Waals surface area contributed by atoms with Crippen LogP contribution < -0.4 is 0 Å². The Kier molecular flexibility index (Phi) is 5.21. The number of ether oxygens (including phenoxy) is 1. The Morgan fingerprint density at radius 2 is 1.64 bits per heavy atom. The number of rotatable bonds is 7. The van der Waals surface area contributed by atoms with E-state index in [9.17, 15) is 35.1 Å². The summed E-state index contributed by atoms with van der Waals surface area (Å²) in [5, 5.41) is 32.8. The van der Waals surface area contributed by atoms with Crippen molar-refractivity contribution < 1.29 is 24.3 Å². The number of carbonyl (C=O) groups excluding carboxylic acids is 1. The van der Waals surface area contributed by atoms with Crippen LogP contribution in [0, 0.1) is 30.3 Å². The smallest absolute Gasteiger partial charge is 0.356 e. The van der Waals surface area contributed by atoms with Crippen molar-refractivity contribution in [2.75, 3.05) is 6.61 Å². The number of nitro benzene ring substituents is 3. The molecule has 0 spiro atoms. The standard InChI is InChI=1S/C11H9N3O8/c1-2-10(15)22-6-5-7-8(12(16)17)3-4-9(13(18)19)11(7)14(20)21/h2-4H,1,5-6H2. The summed E-state index contributed by atoms with van der Waals surface area (Å²) in [6.45, 7) is 2.71. The summed E-state index contributed by atoms with van der Waals surface area (Å²) in [4.78, 5) is 40.7. The van der Waals surface area contributed by atoms with E-state index in [0.29, 0.717) is 6.07 Å². The minimum atomic E-state index is -1.07. The molecular formula is C11H9N3O8. The summed E-state index contributed by atoms with van der Waals surface area (Å²) in [5.74, 6) is -0.823. The minimum absolute atomic E-state index is 0.423. The highest BCUT2D eigenvalue weighted by atomic mass is 16.6. The molecule has 0 fully saturated rings. The molecule has 0 aromatic heterocycles. The Balaban J connectivity index is 3.34. The first-order valence-electron chi connectivity index (χ1n) is 5.67. The van der Waals surface area contributed by atoms with Crippen molar-refractivity contribution in [3.63, 3.8) is 0 Å². The molecule has 0 aliphatic carbocycles. The fourth-order valence-electron chi connectivity index (χ4n) is 1.69. The second-order valence-corrected chi connectivity index (χ2v) is 3.82. The van der Waals surface area contributed by atoms with Gasteiger partial charge in [0.2, 0.25) is 0 Å². The second-order valence-electron chi connectivity index (χ2n) is 3.82. The van der Waals surface area contributed by atoms with E-state index in [-0.39, 0.29) is 0 Å². The van der Waals surface area contributed by atoms with E-state index in [0.717, 1.165) is 12.1 Å². The van der Waals surface area contributed by atoms with Gasteiger partial charge in [-0.25, -0.2) is 4.79 Å². The van der Waals surface area contributed by atoms with E-state index in [2.05, 4.69) is 11.3 Å². The number of esters is 1. The summed E-state index contributed by atoms with van der Waals surface area (Å²) in [6.07, 6.45) is 0.421. The van der Waals surface area contributed by atoms with Crippen LogP contribution in [0.25, 0.3) is 0 Å². The lowest BCUT2D eigenvalue weighted by molar-refractivity contribution is -0.425. The zero-order valence-electron chi connectivity index (χ0n) is 11.0. The summed E-state index contributed by atoms with van der Waals surface area (Å²) >= 11 is 0. The normalized spacial score (nSPS) is 9.82. The predicted octanol–water partition coefficient (Wildman–Crippen LogP) is 1.68. The first-order valence-corrected chi connectivity index (χ1v) is 5.67. The van der Waals surface area contributed by atoms with Crippen LogP contribution in [0.1, 0.15) is 5.56 Å². The van der Waals surface area contributed by atoms with Crippen molar-refractivity contribution in [3.05, 3.63) is 60.7 Å². The van der Waals surface area contributed by atoms with Gasteiger partial charge < -0.3 is 4.74 Å². The number of nitrogens with zero attached hydrogens (tertiary/aromatic N) is 3. The van der Waals surface area contributed by atoms with Crippen LogP contribution in [0.3, 0.4) is 0 Å². The largest absolute Gasteiger partial charge is 0.462 e. The van der Waals surface area contributed by atoms with Crippen LogP contribution >= 0.6 is 0 Å². The van der Waals surface area contributed by atoms with Gasteiger partial charge in [-0.3, -0.25) is 30.3 Å². The molecule has 0 amide bonds. The zero-order chi connectivity index (χ0) is 16.9. The highest BCUT2D eigenvalue weighted by Crippen LogP contribution is 2.36. The quantitative estimate of drug-likeness (QED) is 0.318. The number of carbonyl (C=O) groups is 1. The second kappa shape index (κ2) is 6.88. The van der Waals surface area contributed by atoms with Gasteiger partial charge in [-0.05, 0) is 0 Å². The lowest BCUT2D eigenvalue weighted by Crippen LogP contribution is -2.09. The summed E-state index contributed by atoms with van der Waals surface area (Å²) in [7, 11) is 0. The number of nitro groups is 3. The Morgan fingerprint density at radius 3 is 2.09 bits per heavy atom. The lowest BCUT2D eigenvalue weighted by Gasteiger charge is -2.05. The topological polar surface area (TPSA) is 156 Å². The molecule has 0 saturated carbocycles. The van der Waals surface area contributed by atoms with Crippen molar-refractivity contribution in [1.29, 1.82) is 0 Å². The van der Waals surface area contributed by atoms with Crippen LogP contribution in [0.5, 0.6) is 0 Å². The maximum absolute atomic E-state index is 11.0. The molecule has 0 aliphatic heterocycles. The van der Waals surface area contributed by atoms with Gasteiger partial charge in [0, 0.05) is 24.6 Å². The van der Waals surface area contributed by atoms with E-state index in [1.807, 2.05) is 0 Å². The molecule has 0 heterocycles. The van der Waals surface area contributed by atoms with E-state index >= 15 is 0 Å². The fraction of sp³-hybridized carbons (Fsp3) is 0.182. The minimum Gasteiger partial charge on any atom is -0.462 e. The van der Waals surface area contributed by atoms with Crippen LogP contribution in [0.4, 0.5) is 17.1 Å². The Hall–Kier alpha value is -3.37. The predicted molar refractivity (Wildman–Crippen MR) is 71.3 cm³/mol. The first-order chi connectivity index (χ1) is 10.3. The van der Waals surface area contributed by atoms with Gasteiger partial charge in [0.1, 0.15) is 5.56 Å². The first kappa shape index (κ1) is 16.7. The molecule has 11 nitrogen and oxygen atoms in total. The molecular weight excluding hydrogens is 302 g/mol. The molecule has 0 atom stereocenters. The fourth-order valence-corrected chi connectivity index (χ4v) is 1.69. The zero-order valence-corrected chi connectivity index (χ0v) is 11.0. The number of hydrogen-bond acceptors (Lipinski definition) is 8. The Morgan fingerprint density at radius 1 is 1.09 bits per heavy atom. The van der Waals surface area contributed by atoms with Gasteiger partial charge in [-0.15, -0.1) is 0 Å². The van der Waals surface area contributed by atoms with Crippen molar-refractivity contribution in [2.24, 2.45) is 0 Å². The van der Waals surface area contributed by atoms with Gasteiger partial charge in [-0.2, -0.15) is 0 Å². The third kappa shape index (κ3) is 3.59. The maximum atomic E-state index is 11.0. The van der Waals surface area contributed by atoms with Crippen molar-refractivity contribution in [2.45, 2.75) is 6.42 Å². The van der Waals surface area contributed by atoms with Crippen molar-refractivity contribution >= 4 is 23.0 Å². The van der Waals surface area contributed by atoms with Crippen molar-refractivity contribution in [1.82, 2.24) is 0 Å². The molecule has 0 N–H and O–H groups in total. The Bertz CT molecular complexity index is 670. The van der Waals surface area contributed by atoms with E-state index in [1.165, 1.54) is 0 Å². The highest BCUT2D eigenvalue weighted by Gasteiger charge is 2.34. The van der Waals surface area contributed by atoms with Gasteiger partial charge in [0.25, 0.3) is 5.69 Å². The van der Waals surface area contributed by atoms with Crippen LogP contribution in [0.2, 0.25) is 0 Å². The molecule has 116 valence electrons. The SMILES string of the molecule is C=CC(=O)OCCc1c([N+](=O)[O-])ccc([N+](=O)[O-])c1[N+](=O)[O-]. The maximum Gasteiger partial charge on any atom is 0.356 e. The summed E-state index contributed by atoms with van der Waals surface area (Å²) in [6, 6.07) is 1.49. The average molecular weight is 311 g/mol. The molecule has 22 heavy (non-hydrogen) atoms. The van der Waals surface area contributed by atoms with Crippen LogP contribution in [-0.2, 0) is 16.0 Å². The molecule has 1 aromatic rings. The van der Waals surface area contributed by atoms with Crippen LogP contribution in [0.15, 0.2) is 24.8 Å². The monoisotopic (exact) mass is 311 g/mol. The lowest BCUT2D eigenvalue weighted by atomic mass is 10.1. The van der Waals surface area contributed by atoms with E-state index < -0.39 is 56.4 Å². The molecule has 0 saturated heterocycles. The average Bonchev–Trinajstić information content (AvgIpc) is 2.45. The summed E-state index contributed by atoms with van der Waals surface area (Å²) < 4.78 is 4.59. The Labute approximate surface area is 122 Å². The number of hydrogen-bond donors (Lipinski definition) is 0. The van der Waals surface area contributed by atoms with Crippen molar-refractivity contribution in [3.8, 4) is 0 Å². The highest BCUT2D eigenvalue weighted by molar-refractivity contribution is 5.81. The molecule has 0 bridgehead atoms. The third-order valence-electron chi connectivity index (χ3n) is 2.58. The van der Waals surface area contributed by atoms with E-state index in [1.54, 1.807) is 0 Å². The van der Waals surface area contributed by atoms with Crippen LogP contribution in [-0.4, -0.2) is 27.3 Å². The summed E-state index contributed by atoms with van der Waals surface area (Å²) in [5.41, 5.74) is -3.01. The molecule has 11 heteroatoms. The van der Waals surface area contributed by atoms with Gasteiger partial charge in [0.15, 0.2) is 0 Å². The molecule has 0 unspecified atom stereocenters. The van der Waals surface area contributed by atoms with Gasteiger partial charge >= 0.3 is 17.3 Å². The molecule has 0 aliphatic rings. The van der Waals surface area contributed by atoms with Gasteiger partial charge in [-0.1, -0.05) is 6.58 Å². The number of benzene rings is 1. The van der Waals surface area contributed by atoms with Gasteiger partial charge in [0.05, 0.1) is 21.4 Å².